The van der Waals surface area contributed by atoms with Crippen LogP contribution in [0.3, 0.4) is 0 Å². The van der Waals surface area contributed by atoms with E-state index in [9.17, 15) is 0 Å². The Labute approximate surface area is 177 Å². The summed E-state index contributed by atoms with van der Waals surface area (Å²) in [6, 6.07) is 12.5. The van der Waals surface area contributed by atoms with Crippen LogP contribution in [0.4, 0.5) is 5.69 Å². The van der Waals surface area contributed by atoms with E-state index in [0.717, 1.165) is 36.4 Å². The maximum absolute atomic E-state index is 6.55. The van der Waals surface area contributed by atoms with Crippen LogP contribution in [-0.4, -0.2) is 6.61 Å². The summed E-state index contributed by atoms with van der Waals surface area (Å²) in [7, 11) is 0. The first kappa shape index (κ1) is 19.7. The maximum Gasteiger partial charge on any atom is 0.119 e. The number of hydrogen-bond acceptors (Lipinski definition) is 2. The van der Waals surface area contributed by atoms with Crippen LogP contribution in [0.5, 0.6) is 5.75 Å². The zero-order valence-corrected chi connectivity index (χ0v) is 17.8. The Morgan fingerprint density at radius 1 is 1.07 bits per heavy atom. The standard InChI is InChI=1S/C24H27Cl2NO/c1-2-3-4-5-14-28-16-12-13-22-20(15-16)17-8-6-9-18(17)24(27-22)19-10-7-11-21(25)23(19)26/h6-8,10-13,15,17-18,24,27H,2-5,9,14H2,1H3. The summed E-state index contributed by atoms with van der Waals surface area (Å²) in [4.78, 5) is 0. The summed E-state index contributed by atoms with van der Waals surface area (Å²) < 4.78 is 6.02. The number of rotatable bonds is 7. The molecule has 4 heteroatoms. The average Bonchev–Trinajstić information content (AvgIpc) is 3.20. The number of halogens is 2. The van der Waals surface area contributed by atoms with Gasteiger partial charge in [-0.3, -0.25) is 0 Å². The zero-order valence-electron chi connectivity index (χ0n) is 16.3. The number of allylic oxidation sites excluding steroid dienone is 2. The third-order valence-electron chi connectivity index (χ3n) is 5.92. The molecular formula is C24H27Cl2NO. The molecule has 3 atom stereocenters. The summed E-state index contributed by atoms with van der Waals surface area (Å²) in [5, 5.41) is 4.99. The topological polar surface area (TPSA) is 21.3 Å². The van der Waals surface area contributed by atoms with Gasteiger partial charge in [0.1, 0.15) is 5.75 Å². The molecule has 1 aliphatic carbocycles. The second kappa shape index (κ2) is 8.80. The Kier molecular flexibility index (Phi) is 6.18. The molecular weight excluding hydrogens is 389 g/mol. The van der Waals surface area contributed by atoms with E-state index in [1.807, 2.05) is 12.1 Å². The van der Waals surface area contributed by atoms with Crippen LogP contribution in [0.15, 0.2) is 48.6 Å². The van der Waals surface area contributed by atoms with Gasteiger partial charge in [-0.1, -0.05) is 73.7 Å². The van der Waals surface area contributed by atoms with E-state index in [1.165, 1.54) is 24.8 Å². The summed E-state index contributed by atoms with van der Waals surface area (Å²) in [6.07, 6.45) is 10.5. The number of fused-ring (bicyclic) bond motifs is 3. The average molecular weight is 416 g/mol. The highest BCUT2D eigenvalue weighted by Gasteiger charge is 2.39. The minimum Gasteiger partial charge on any atom is -0.494 e. The van der Waals surface area contributed by atoms with Crippen molar-refractivity contribution in [2.45, 2.75) is 51.0 Å². The molecule has 2 aliphatic rings. The predicted molar refractivity (Wildman–Crippen MR) is 119 cm³/mol. The van der Waals surface area contributed by atoms with Crippen LogP contribution >= 0.6 is 23.2 Å². The Bertz CT molecular complexity index is 864. The van der Waals surface area contributed by atoms with Crippen molar-refractivity contribution in [3.8, 4) is 5.75 Å². The highest BCUT2D eigenvalue weighted by molar-refractivity contribution is 6.42. The van der Waals surface area contributed by atoms with Gasteiger partial charge in [0.05, 0.1) is 22.7 Å². The molecule has 4 rings (SSSR count). The minimum absolute atomic E-state index is 0.152. The molecule has 2 nitrogen and oxygen atoms in total. The van der Waals surface area contributed by atoms with E-state index in [1.54, 1.807) is 0 Å². The Balaban J connectivity index is 1.56. The first-order chi connectivity index (χ1) is 13.7. The molecule has 1 aliphatic heterocycles. The number of benzene rings is 2. The first-order valence-electron chi connectivity index (χ1n) is 10.3. The molecule has 0 saturated heterocycles. The molecule has 0 radical (unpaired) electrons. The summed E-state index contributed by atoms with van der Waals surface area (Å²) in [5.41, 5.74) is 3.56. The van der Waals surface area contributed by atoms with Crippen LogP contribution < -0.4 is 10.1 Å². The lowest BCUT2D eigenvalue weighted by Crippen LogP contribution is -2.29. The fraction of sp³-hybridized carbons (Fsp3) is 0.417. The molecule has 0 amide bonds. The normalized spacial score (nSPS) is 22.5. The molecule has 3 unspecified atom stereocenters. The second-order valence-corrected chi connectivity index (χ2v) is 8.56. The molecule has 1 heterocycles. The van der Waals surface area contributed by atoms with Crippen LogP contribution in [0.2, 0.25) is 10.0 Å². The van der Waals surface area contributed by atoms with Crippen LogP contribution in [0, 0.1) is 5.92 Å². The first-order valence-corrected chi connectivity index (χ1v) is 11.1. The summed E-state index contributed by atoms with van der Waals surface area (Å²) >= 11 is 12.8. The predicted octanol–water partition coefficient (Wildman–Crippen LogP) is 7.78. The lowest BCUT2D eigenvalue weighted by atomic mass is 9.77. The van der Waals surface area contributed by atoms with Gasteiger partial charge in [0.25, 0.3) is 0 Å². The van der Waals surface area contributed by atoms with Gasteiger partial charge in [0.2, 0.25) is 0 Å². The summed E-state index contributed by atoms with van der Waals surface area (Å²) in [6.45, 7) is 3.02. The van der Waals surface area contributed by atoms with Crippen molar-refractivity contribution in [3.63, 3.8) is 0 Å². The number of ether oxygens (including phenoxy) is 1. The second-order valence-electron chi connectivity index (χ2n) is 7.78. The Morgan fingerprint density at radius 3 is 2.82 bits per heavy atom. The van der Waals surface area contributed by atoms with Crippen molar-refractivity contribution in [2.24, 2.45) is 5.92 Å². The lowest BCUT2D eigenvalue weighted by Gasteiger charge is -2.38. The van der Waals surface area contributed by atoms with Crippen molar-refractivity contribution in [1.29, 1.82) is 0 Å². The highest BCUT2D eigenvalue weighted by atomic mass is 35.5. The molecule has 0 fully saturated rings. The SMILES string of the molecule is CCCCCCOc1ccc2c(c1)C1C=CCC1C(c1cccc(Cl)c1Cl)N2. The fourth-order valence-electron chi connectivity index (χ4n) is 4.45. The van der Waals surface area contributed by atoms with Gasteiger partial charge in [-0.05, 0) is 54.2 Å². The van der Waals surface area contributed by atoms with Crippen molar-refractivity contribution < 1.29 is 4.74 Å². The Hall–Kier alpha value is -1.64. The molecule has 148 valence electrons. The van der Waals surface area contributed by atoms with Gasteiger partial charge in [0, 0.05) is 11.6 Å². The van der Waals surface area contributed by atoms with Gasteiger partial charge in [0.15, 0.2) is 0 Å². The quantitative estimate of drug-likeness (QED) is 0.368. The monoisotopic (exact) mass is 415 g/mol. The van der Waals surface area contributed by atoms with E-state index in [2.05, 4.69) is 48.7 Å². The van der Waals surface area contributed by atoms with E-state index in [4.69, 9.17) is 27.9 Å². The van der Waals surface area contributed by atoms with Crippen LogP contribution in [0.25, 0.3) is 0 Å². The highest BCUT2D eigenvalue weighted by Crippen LogP contribution is 2.51. The maximum atomic E-state index is 6.55. The van der Waals surface area contributed by atoms with E-state index < -0.39 is 0 Å². The molecule has 1 N–H and O–H groups in total. The van der Waals surface area contributed by atoms with Crippen LogP contribution in [-0.2, 0) is 0 Å². The molecule has 0 aromatic heterocycles. The van der Waals surface area contributed by atoms with Gasteiger partial charge in [-0.2, -0.15) is 0 Å². The largest absolute Gasteiger partial charge is 0.494 e. The number of hydrogen-bond donors (Lipinski definition) is 1. The molecule has 0 bridgehead atoms. The number of anilines is 1. The summed E-state index contributed by atoms with van der Waals surface area (Å²) in [5.74, 6) is 1.78. The van der Waals surface area contributed by atoms with Crippen molar-refractivity contribution >= 4 is 28.9 Å². The van der Waals surface area contributed by atoms with E-state index in [-0.39, 0.29) is 6.04 Å². The van der Waals surface area contributed by atoms with E-state index >= 15 is 0 Å². The van der Waals surface area contributed by atoms with Gasteiger partial charge in [-0.25, -0.2) is 0 Å². The molecule has 2 aromatic rings. The van der Waals surface area contributed by atoms with Crippen molar-refractivity contribution in [3.05, 3.63) is 69.7 Å². The van der Waals surface area contributed by atoms with Crippen LogP contribution in [0.1, 0.15) is 62.1 Å². The minimum atomic E-state index is 0.152. The zero-order chi connectivity index (χ0) is 19.5. The smallest absolute Gasteiger partial charge is 0.119 e. The molecule has 2 aromatic carbocycles. The lowest BCUT2D eigenvalue weighted by molar-refractivity contribution is 0.304. The fourth-order valence-corrected chi connectivity index (χ4v) is 4.88. The van der Waals surface area contributed by atoms with Gasteiger partial charge >= 0.3 is 0 Å². The van der Waals surface area contributed by atoms with Crippen molar-refractivity contribution in [2.75, 3.05) is 11.9 Å². The Morgan fingerprint density at radius 2 is 1.96 bits per heavy atom. The molecule has 28 heavy (non-hydrogen) atoms. The number of unbranched alkanes of at least 4 members (excludes halogenated alkanes) is 3. The van der Waals surface area contributed by atoms with Crippen molar-refractivity contribution in [1.82, 2.24) is 0 Å². The third kappa shape index (κ3) is 3.90. The number of nitrogens with one attached hydrogen (secondary N) is 1. The molecule has 0 saturated carbocycles. The van der Waals surface area contributed by atoms with Gasteiger partial charge < -0.3 is 10.1 Å². The molecule has 0 spiro atoms. The van der Waals surface area contributed by atoms with E-state index in [0.29, 0.717) is 21.9 Å². The third-order valence-corrected chi connectivity index (χ3v) is 6.75. The van der Waals surface area contributed by atoms with Gasteiger partial charge in [-0.15, -0.1) is 0 Å².